The van der Waals surface area contributed by atoms with Crippen molar-refractivity contribution in [2.24, 2.45) is 0 Å². The van der Waals surface area contributed by atoms with Crippen LogP contribution in [0.25, 0.3) is 0 Å². The van der Waals surface area contributed by atoms with Gasteiger partial charge in [-0.15, -0.1) is 0 Å². The fourth-order valence-corrected chi connectivity index (χ4v) is 1.35. The molecule has 0 aliphatic heterocycles. The Morgan fingerprint density at radius 3 is 2.69 bits per heavy atom. The number of hydrogen-bond acceptors (Lipinski definition) is 2. The molecule has 0 aliphatic carbocycles. The third-order valence-corrected chi connectivity index (χ3v) is 2.38. The largest absolute Gasteiger partial charge is 0.394 e. The van der Waals surface area contributed by atoms with Gasteiger partial charge in [0.1, 0.15) is 0 Å². The van der Waals surface area contributed by atoms with Crippen molar-refractivity contribution in [2.45, 2.75) is 19.4 Å². The number of rotatable bonds is 2. The van der Waals surface area contributed by atoms with Gasteiger partial charge in [-0.25, -0.2) is 0 Å². The molecule has 0 fully saturated rings. The maximum absolute atomic E-state index is 11.4. The van der Waals surface area contributed by atoms with E-state index in [1.807, 2.05) is 0 Å². The van der Waals surface area contributed by atoms with Gasteiger partial charge in [-0.2, -0.15) is 0 Å². The molecule has 0 bridgehead atoms. The highest BCUT2D eigenvalue weighted by Crippen LogP contribution is 2.14. The van der Waals surface area contributed by atoms with E-state index >= 15 is 0 Å². The number of hydrogen-bond donors (Lipinski definition) is 1. The highest BCUT2D eigenvalue weighted by Gasteiger charge is 2.19. The second-order valence-corrected chi connectivity index (χ2v) is 4.44. The van der Waals surface area contributed by atoms with Crippen molar-refractivity contribution in [3.8, 4) is 0 Å². The number of aromatic nitrogens is 1. The summed E-state index contributed by atoms with van der Waals surface area (Å²) in [4.78, 5) is 11.4. The van der Waals surface area contributed by atoms with Gasteiger partial charge >= 0.3 is 0 Å². The van der Waals surface area contributed by atoms with E-state index in [1.165, 1.54) is 10.6 Å². The van der Waals surface area contributed by atoms with E-state index in [9.17, 15) is 4.79 Å². The standard InChI is InChI=1S/C9H12BrNO2/c1-9(2,6-12)11-5-7(10)3-4-8(11)13/h3-5,12H,6H2,1-2H3. The van der Waals surface area contributed by atoms with Gasteiger partial charge in [0, 0.05) is 16.7 Å². The van der Waals surface area contributed by atoms with Crippen LogP contribution in [-0.4, -0.2) is 16.3 Å². The Hall–Kier alpha value is -0.610. The molecule has 0 amide bonds. The fraction of sp³-hybridized carbons (Fsp3) is 0.444. The van der Waals surface area contributed by atoms with Gasteiger partial charge in [-0.1, -0.05) is 0 Å². The van der Waals surface area contributed by atoms with Crippen molar-refractivity contribution in [2.75, 3.05) is 6.61 Å². The Labute approximate surface area is 85.1 Å². The fourth-order valence-electron chi connectivity index (χ4n) is 1.01. The van der Waals surface area contributed by atoms with Gasteiger partial charge in [0.25, 0.3) is 5.56 Å². The Kier molecular flexibility index (Phi) is 2.93. The van der Waals surface area contributed by atoms with Crippen molar-refractivity contribution in [1.29, 1.82) is 0 Å². The van der Waals surface area contributed by atoms with Crippen molar-refractivity contribution in [1.82, 2.24) is 4.57 Å². The maximum atomic E-state index is 11.4. The quantitative estimate of drug-likeness (QED) is 0.855. The van der Waals surface area contributed by atoms with E-state index in [2.05, 4.69) is 15.9 Å². The zero-order valence-electron chi connectivity index (χ0n) is 7.62. The van der Waals surface area contributed by atoms with Crippen LogP contribution in [0.1, 0.15) is 13.8 Å². The van der Waals surface area contributed by atoms with E-state index in [4.69, 9.17) is 5.11 Å². The van der Waals surface area contributed by atoms with Crippen LogP contribution in [0.5, 0.6) is 0 Å². The third-order valence-electron chi connectivity index (χ3n) is 1.91. The van der Waals surface area contributed by atoms with Gasteiger partial charge in [0.05, 0.1) is 12.1 Å². The minimum absolute atomic E-state index is 0.0661. The smallest absolute Gasteiger partial charge is 0.251 e. The summed E-state index contributed by atoms with van der Waals surface area (Å²) in [5.41, 5.74) is -0.664. The topological polar surface area (TPSA) is 42.2 Å². The lowest BCUT2D eigenvalue weighted by molar-refractivity contribution is 0.160. The third kappa shape index (κ3) is 2.19. The normalized spacial score (nSPS) is 11.7. The van der Waals surface area contributed by atoms with Gasteiger partial charge < -0.3 is 9.67 Å². The van der Waals surface area contributed by atoms with Crippen LogP contribution in [0, 0.1) is 0 Å². The first-order chi connectivity index (χ1) is 5.97. The lowest BCUT2D eigenvalue weighted by Crippen LogP contribution is -2.38. The highest BCUT2D eigenvalue weighted by molar-refractivity contribution is 9.10. The van der Waals surface area contributed by atoms with E-state index in [0.29, 0.717) is 0 Å². The molecule has 1 aromatic rings. The molecule has 0 radical (unpaired) electrons. The second kappa shape index (κ2) is 3.64. The molecule has 1 heterocycles. The van der Waals surface area contributed by atoms with Crippen LogP contribution < -0.4 is 5.56 Å². The number of aliphatic hydroxyl groups is 1. The molecule has 13 heavy (non-hydrogen) atoms. The maximum Gasteiger partial charge on any atom is 0.251 e. The lowest BCUT2D eigenvalue weighted by atomic mass is 10.1. The number of aliphatic hydroxyl groups excluding tert-OH is 1. The van der Waals surface area contributed by atoms with E-state index in [0.717, 1.165) is 4.47 Å². The summed E-state index contributed by atoms with van der Waals surface area (Å²) < 4.78 is 2.34. The van der Waals surface area contributed by atoms with Gasteiger partial charge in [0.15, 0.2) is 0 Å². The van der Waals surface area contributed by atoms with Crippen LogP contribution in [0.15, 0.2) is 27.6 Å². The molecule has 1 aromatic heterocycles. The van der Waals surface area contributed by atoms with Crippen molar-refractivity contribution in [3.05, 3.63) is 33.2 Å². The van der Waals surface area contributed by atoms with Crippen molar-refractivity contribution < 1.29 is 5.11 Å². The Bertz CT molecular complexity index is 357. The predicted molar refractivity (Wildman–Crippen MR) is 54.8 cm³/mol. The molecule has 1 rings (SSSR count). The first-order valence-corrected chi connectivity index (χ1v) is 4.76. The molecule has 0 aromatic carbocycles. The SMILES string of the molecule is CC(C)(CO)n1cc(Br)ccc1=O. The summed E-state index contributed by atoms with van der Waals surface area (Å²) in [5.74, 6) is 0. The summed E-state index contributed by atoms with van der Waals surface area (Å²) in [6.45, 7) is 3.55. The zero-order chi connectivity index (χ0) is 10.1. The molecular weight excluding hydrogens is 234 g/mol. The van der Waals surface area contributed by atoms with Crippen molar-refractivity contribution in [3.63, 3.8) is 0 Å². The molecule has 0 saturated carbocycles. The molecule has 0 saturated heterocycles. The molecule has 0 spiro atoms. The van der Waals surface area contributed by atoms with Crippen LogP contribution in [0.2, 0.25) is 0 Å². The monoisotopic (exact) mass is 245 g/mol. The average Bonchev–Trinajstić information content (AvgIpc) is 2.09. The molecular formula is C9H12BrNO2. The minimum Gasteiger partial charge on any atom is -0.394 e. The molecule has 0 aliphatic rings. The zero-order valence-corrected chi connectivity index (χ0v) is 9.21. The molecule has 1 N–H and O–H groups in total. The summed E-state index contributed by atoms with van der Waals surface area (Å²) in [7, 11) is 0. The Balaban J connectivity index is 3.29. The molecule has 0 unspecified atom stereocenters. The van der Waals surface area contributed by atoms with Crippen LogP contribution >= 0.6 is 15.9 Å². The Morgan fingerprint density at radius 1 is 1.54 bits per heavy atom. The first kappa shape index (κ1) is 10.5. The predicted octanol–water partition coefficient (Wildman–Crippen LogP) is 1.34. The average molecular weight is 246 g/mol. The molecule has 3 nitrogen and oxygen atoms in total. The Morgan fingerprint density at radius 2 is 2.15 bits per heavy atom. The molecule has 72 valence electrons. The van der Waals surface area contributed by atoms with Crippen LogP contribution in [0.4, 0.5) is 0 Å². The minimum atomic E-state index is -0.555. The highest BCUT2D eigenvalue weighted by atomic mass is 79.9. The first-order valence-electron chi connectivity index (χ1n) is 3.97. The van der Waals surface area contributed by atoms with E-state index in [1.54, 1.807) is 26.1 Å². The summed E-state index contributed by atoms with van der Waals surface area (Å²) in [6.07, 6.45) is 1.68. The number of nitrogens with zero attached hydrogens (tertiary/aromatic N) is 1. The van der Waals surface area contributed by atoms with E-state index in [-0.39, 0.29) is 12.2 Å². The van der Waals surface area contributed by atoms with E-state index < -0.39 is 5.54 Å². The molecule has 0 atom stereocenters. The summed E-state index contributed by atoms with van der Waals surface area (Å²) in [5, 5.41) is 9.09. The van der Waals surface area contributed by atoms with Crippen LogP contribution in [-0.2, 0) is 5.54 Å². The summed E-state index contributed by atoms with van der Waals surface area (Å²) >= 11 is 3.28. The second-order valence-electron chi connectivity index (χ2n) is 3.53. The van der Waals surface area contributed by atoms with Crippen LogP contribution in [0.3, 0.4) is 0 Å². The van der Waals surface area contributed by atoms with Gasteiger partial charge in [0.2, 0.25) is 0 Å². The lowest BCUT2D eigenvalue weighted by Gasteiger charge is -2.24. The number of pyridine rings is 1. The van der Waals surface area contributed by atoms with Gasteiger partial charge in [-0.3, -0.25) is 4.79 Å². The number of halogens is 1. The summed E-state index contributed by atoms with van der Waals surface area (Å²) in [6, 6.07) is 3.16. The van der Waals surface area contributed by atoms with Gasteiger partial charge in [-0.05, 0) is 35.8 Å². The molecule has 4 heteroatoms. The van der Waals surface area contributed by atoms with Crippen molar-refractivity contribution >= 4 is 15.9 Å².